The smallest absolute Gasteiger partial charge is 0.161 e. The maximum atomic E-state index is 6.53. The van der Waals surface area contributed by atoms with Gasteiger partial charge in [-0.1, -0.05) is 38.2 Å². The summed E-state index contributed by atoms with van der Waals surface area (Å²) < 4.78 is 11.2. The molecule has 0 radical (unpaired) electrons. The number of nitrogens with two attached hydrogens (primary N) is 1. The van der Waals surface area contributed by atoms with Crippen molar-refractivity contribution < 1.29 is 9.47 Å². The Morgan fingerprint density at radius 1 is 0.900 bits per heavy atom. The van der Waals surface area contributed by atoms with Gasteiger partial charge in [-0.2, -0.15) is 0 Å². The van der Waals surface area contributed by atoms with Crippen molar-refractivity contribution in [2.24, 2.45) is 11.7 Å². The zero-order valence-corrected chi connectivity index (χ0v) is 12.1. The van der Waals surface area contributed by atoms with Gasteiger partial charge in [0.1, 0.15) is 13.2 Å². The molecule has 2 N–H and O–H groups in total. The Kier molecular flexibility index (Phi) is 4.46. The zero-order chi connectivity index (χ0) is 13.8. The quantitative estimate of drug-likeness (QED) is 0.892. The minimum Gasteiger partial charge on any atom is -0.486 e. The van der Waals surface area contributed by atoms with E-state index in [1.54, 1.807) is 0 Å². The number of ether oxygens (including phenoxy) is 2. The molecule has 0 amide bonds. The van der Waals surface area contributed by atoms with Crippen LogP contribution in [0.4, 0.5) is 0 Å². The summed E-state index contributed by atoms with van der Waals surface area (Å²) in [6, 6.07) is 6.32. The molecule has 0 aromatic heterocycles. The number of fused-ring (bicyclic) bond motifs is 1. The van der Waals surface area contributed by atoms with Crippen molar-refractivity contribution in [2.45, 2.75) is 51.0 Å². The topological polar surface area (TPSA) is 44.5 Å². The predicted molar refractivity (Wildman–Crippen MR) is 80.2 cm³/mol. The standard InChI is InChI=1S/C17H25NO2/c18-17(13-6-4-2-1-3-5-7-13)14-8-9-15-16(12-14)20-11-10-19-15/h8-9,12-13,17H,1-7,10-11,18H2. The second-order valence-corrected chi connectivity index (χ2v) is 6.03. The van der Waals surface area contributed by atoms with E-state index in [-0.39, 0.29) is 6.04 Å². The van der Waals surface area contributed by atoms with Crippen molar-refractivity contribution in [1.82, 2.24) is 0 Å². The van der Waals surface area contributed by atoms with Crippen LogP contribution in [0.25, 0.3) is 0 Å². The van der Waals surface area contributed by atoms with Crippen LogP contribution in [0.2, 0.25) is 0 Å². The highest BCUT2D eigenvalue weighted by atomic mass is 16.6. The molecule has 0 spiro atoms. The summed E-state index contributed by atoms with van der Waals surface area (Å²) >= 11 is 0. The Balaban J connectivity index is 1.73. The van der Waals surface area contributed by atoms with Crippen molar-refractivity contribution in [3.63, 3.8) is 0 Å². The molecule has 1 aliphatic carbocycles. The Morgan fingerprint density at radius 2 is 1.55 bits per heavy atom. The van der Waals surface area contributed by atoms with Crippen molar-refractivity contribution in [2.75, 3.05) is 13.2 Å². The third-order valence-electron chi connectivity index (χ3n) is 4.61. The van der Waals surface area contributed by atoms with Gasteiger partial charge in [0.25, 0.3) is 0 Å². The summed E-state index contributed by atoms with van der Waals surface area (Å²) in [7, 11) is 0. The second-order valence-electron chi connectivity index (χ2n) is 6.03. The first-order valence-corrected chi connectivity index (χ1v) is 8.00. The Morgan fingerprint density at radius 3 is 2.30 bits per heavy atom. The highest BCUT2D eigenvalue weighted by molar-refractivity contribution is 5.44. The molecule has 3 heteroatoms. The molecule has 0 saturated heterocycles. The van der Waals surface area contributed by atoms with Crippen LogP contribution >= 0.6 is 0 Å². The van der Waals surface area contributed by atoms with Gasteiger partial charge < -0.3 is 15.2 Å². The van der Waals surface area contributed by atoms with Crippen molar-refractivity contribution in [1.29, 1.82) is 0 Å². The van der Waals surface area contributed by atoms with E-state index >= 15 is 0 Å². The molecule has 0 bridgehead atoms. The van der Waals surface area contributed by atoms with Crippen LogP contribution in [-0.4, -0.2) is 13.2 Å². The molecule has 1 aromatic carbocycles. The monoisotopic (exact) mass is 275 g/mol. The fourth-order valence-electron chi connectivity index (χ4n) is 3.39. The molecule has 1 fully saturated rings. The third kappa shape index (κ3) is 3.09. The Labute approximate surface area is 121 Å². The van der Waals surface area contributed by atoms with Crippen LogP contribution < -0.4 is 15.2 Å². The van der Waals surface area contributed by atoms with E-state index < -0.39 is 0 Å². The Bertz CT molecular complexity index is 439. The van der Waals surface area contributed by atoms with E-state index in [2.05, 4.69) is 12.1 Å². The highest BCUT2D eigenvalue weighted by Gasteiger charge is 2.22. The first-order valence-electron chi connectivity index (χ1n) is 8.00. The molecule has 20 heavy (non-hydrogen) atoms. The molecule has 1 saturated carbocycles. The minimum atomic E-state index is 0.129. The van der Waals surface area contributed by atoms with E-state index in [1.165, 1.54) is 50.5 Å². The number of hydrogen-bond acceptors (Lipinski definition) is 3. The first-order chi connectivity index (χ1) is 9.84. The van der Waals surface area contributed by atoms with Gasteiger partial charge in [0, 0.05) is 6.04 Å². The van der Waals surface area contributed by atoms with E-state index in [0.717, 1.165) is 11.5 Å². The number of benzene rings is 1. The van der Waals surface area contributed by atoms with Crippen molar-refractivity contribution in [3.8, 4) is 11.5 Å². The lowest BCUT2D eigenvalue weighted by molar-refractivity contribution is 0.171. The molecule has 110 valence electrons. The molecule has 3 nitrogen and oxygen atoms in total. The van der Waals surface area contributed by atoms with Crippen molar-refractivity contribution >= 4 is 0 Å². The molecule has 1 aliphatic heterocycles. The fourth-order valence-corrected chi connectivity index (χ4v) is 3.39. The summed E-state index contributed by atoms with van der Waals surface area (Å²) in [5, 5.41) is 0. The van der Waals surface area contributed by atoms with Crippen molar-refractivity contribution in [3.05, 3.63) is 23.8 Å². The minimum absolute atomic E-state index is 0.129. The third-order valence-corrected chi connectivity index (χ3v) is 4.61. The lowest BCUT2D eigenvalue weighted by atomic mass is 9.83. The van der Waals surface area contributed by atoms with Gasteiger partial charge in [-0.25, -0.2) is 0 Å². The van der Waals surface area contributed by atoms with Crippen LogP contribution in [-0.2, 0) is 0 Å². The van der Waals surface area contributed by atoms with Gasteiger partial charge in [0.2, 0.25) is 0 Å². The van der Waals surface area contributed by atoms with Gasteiger partial charge in [-0.05, 0) is 36.5 Å². The fraction of sp³-hybridized carbons (Fsp3) is 0.647. The van der Waals surface area contributed by atoms with Gasteiger partial charge in [0.15, 0.2) is 11.5 Å². The number of rotatable bonds is 2. The lowest BCUT2D eigenvalue weighted by Gasteiger charge is -2.27. The Hall–Kier alpha value is -1.22. The molecule has 1 aromatic rings. The summed E-state index contributed by atoms with van der Waals surface area (Å²) in [6.45, 7) is 1.27. The van der Waals surface area contributed by atoms with Crippen LogP contribution in [0.5, 0.6) is 11.5 Å². The van der Waals surface area contributed by atoms with Gasteiger partial charge in [0.05, 0.1) is 0 Å². The van der Waals surface area contributed by atoms with E-state index in [9.17, 15) is 0 Å². The highest BCUT2D eigenvalue weighted by Crippen LogP contribution is 2.36. The molecule has 3 rings (SSSR count). The number of hydrogen-bond donors (Lipinski definition) is 1. The second kappa shape index (κ2) is 6.49. The van der Waals surface area contributed by atoms with Crippen LogP contribution in [0.15, 0.2) is 18.2 Å². The van der Waals surface area contributed by atoms with Crippen LogP contribution in [0.1, 0.15) is 56.6 Å². The first kappa shape index (κ1) is 13.7. The summed E-state index contributed by atoms with van der Waals surface area (Å²) in [4.78, 5) is 0. The van der Waals surface area contributed by atoms with E-state index in [0.29, 0.717) is 19.1 Å². The van der Waals surface area contributed by atoms with E-state index in [1.807, 2.05) is 6.07 Å². The lowest BCUT2D eigenvalue weighted by Crippen LogP contribution is -2.23. The summed E-state index contributed by atoms with van der Waals surface area (Å²) in [6.07, 6.45) is 9.29. The van der Waals surface area contributed by atoms with Gasteiger partial charge >= 0.3 is 0 Å². The normalized spacial score (nSPS) is 21.9. The van der Waals surface area contributed by atoms with Crippen LogP contribution in [0, 0.1) is 5.92 Å². The maximum Gasteiger partial charge on any atom is 0.161 e. The average molecular weight is 275 g/mol. The summed E-state index contributed by atoms with van der Waals surface area (Å²) in [5.41, 5.74) is 7.72. The van der Waals surface area contributed by atoms with Crippen LogP contribution in [0.3, 0.4) is 0 Å². The molecule has 2 aliphatic rings. The molecule has 1 unspecified atom stereocenters. The molecule has 1 heterocycles. The molecule has 1 atom stereocenters. The van der Waals surface area contributed by atoms with Gasteiger partial charge in [-0.3, -0.25) is 0 Å². The SMILES string of the molecule is NC(c1ccc2c(c1)OCCO2)C1CCCCCCC1. The van der Waals surface area contributed by atoms with E-state index in [4.69, 9.17) is 15.2 Å². The molecular formula is C17H25NO2. The van der Waals surface area contributed by atoms with Gasteiger partial charge in [-0.15, -0.1) is 0 Å². The predicted octanol–water partition coefficient (Wildman–Crippen LogP) is 3.82. The zero-order valence-electron chi connectivity index (χ0n) is 12.1. The average Bonchev–Trinajstić information content (AvgIpc) is 2.46. The molecular weight excluding hydrogens is 250 g/mol. The summed E-state index contributed by atoms with van der Waals surface area (Å²) in [5.74, 6) is 2.32. The largest absolute Gasteiger partial charge is 0.486 e. The maximum absolute atomic E-state index is 6.53.